The van der Waals surface area contributed by atoms with E-state index in [1.165, 1.54) is 6.07 Å². The van der Waals surface area contributed by atoms with Crippen molar-refractivity contribution in [3.8, 4) is 0 Å². The van der Waals surface area contributed by atoms with Gasteiger partial charge in [0.2, 0.25) is 5.78 Å². The van der Waals surface area contributed by atoms with Gasteiger partial charge in [-0.15, -0.1) is 0 Å². The first-order chi connectivity index (χ1) is 14.5. The average Bonchev–Trinajstić information content (AvgIpc) is 3.14. The predicted molar refractivity (Wildman–Crippen MR) is 104 cm³/mol. The molecule has 1 aromatic rings. The molecule has 4 saturated heterocycles. The van der Waals surface area contributed by atoms with Crippen LogP contribution in [-0.2, 0) is 16.1 Å². The maximum absolute atomic E-state index is 14.7. The predicted octanol–water partition coefficient (Wildman–Crippen LogP) is 0.750. The molecule has 30 heavy (non-hydrogen) atoms. The number of nitrogens with zero attached hydrogens (tertiary/aromatic N) is 2. The van der Waals surface area contributed by atoms with Gasteiger partial charge in [-0.05, 0) is 25.7 Å². The first-order valence-corrected chi connectivity index (χ1v) is 10.5. The lowest BCUT2D eigenvalue weighted by molar-refractivity contribution is -0.131. The highest BCUT2D eigenvalue weighted by atomic mass is 19.2. The Kier molecular flexibility index (Phi) is 4.82. The number of ketones is 1. The van der Waals surface area contributed by atoms with E-state index in [0.29, 0.717) is 43.0 Å². The van der Waals surface area contributed by atoms with Crippen LogP contribution in [0, 0.1) is 11.6 Å². The highest BCUT2D eigenvalue weighted by molar-refractivity contribution is 6.27. The number of hydrogen-bond acceptors (Lipinski definition) is 6. The highest BCUT2D eigenvalue weighted by Crippen LogP contribution is 2.39. The van der Waals surface area contributed by atoms with E-state index in [4.69, 9.17) is 0 Å². The third-order valence-corrected chi connectivity index (χ3v) is 7.05. The summed E-state index contributed by atoms with van der Waals surface area (Å²) in [5.74, 6) is -3.09. The molecule has 0 spiro atoms. The molecule has 5 aliphatic heterocycles. The molecule has 1 aromatic carbocycles. The van der Waals surface area contributed by atoms with E-state index < -0.39 is 29.4 Å². The fourth-order valence-corrected chi connectivity index (χ4v) is 5.41. The number of anilines is 1. The number of piperidine rings is 3. The highest BCUT2D eigenvalue weighted by Gasteiger charge is 2.42. The van der Waals surface area contributed by atoms with Crippen molar-refractivity contribution in [3.63, 3.8) is 0 Å². The van der Waals surface area contributed by atoms with Crippen LogP contribution < -0.4 is 15.5 Å². The smallest absolute Gasteiger partial charge is 0.257 e. The molecule has 5 heterocycles. The van der Waals surface area contributed by atoms with E-state index in [1.807, 2.05) is 0 Å². The molecule has 9 heteroatoms. The number of fused-ring (bicyclic) bond motifs is 4. The topological polar surface area (TPSA) is 81.8 Å². The minimum absolute atomic E-state index is 0.162. The van der Waals surface area contributed by atoms with Crippen molar-refractivity contribution in [2.24, 2.45) is 0 Å². The molecule has 0 aromatic heterocycles. The number of carbonyl (C=O) groups is 3. The second-order valence-corrected chi connectivity index (χ2v) is 8.68. The van der Waals surface area contributed by atoms with Gasteiger partial charge in [-0.2, -0.15) is 0 Å². The Balaban J connectivity index is 1.42. The Bertz CT molecular complexity index is 908. The second-order valence-electron chi connectivity index (χ2n) is 8.68. The Hall–Kier alpha value is -2.39. The molecule has 4 atom stereocenters. The summed E-state index contributed by atoms with van der Waals surface area (Å²) in [5.41, 5.74) is 1.01. The zero-order chi connectivity index (χ0) is 21.0. The van der Waals surface area contributed by atoms with Crippen LogP contribution in [0.5, 0.6) is 0 Å². The lowest BCUT2D eigenvalue weighted by Gasteiger charge is -2.47. The first kappa shape index (κ1) is 19.6. The van der Waals surface area contributed by atoms with Gasteiger partial charge in [0, 0.05) is 61.6 Å². The molecular weight excluding hydrogens is 394 g/mol. The number of Topliss-reactive ketones (excluding diaryl/α,β-unsaturated/α-hetero) is 1. The van der Waals surface area contributed by atoms with Crippen LogP contribution in [0.2, 0.25) is 0 Å². The molecule has 2 bridgehead atoms. The number of aldehydes is 1. The number of carbonyl (C=O) groups excluding carboxylic acids is 3. The lowest BCUT2D eigenvalue weighted by Crippen LogP contribution is -2.61. The van der Waals surface area contributed by atoms with E-state index in [0.717, 1.165) is 25.9 Å². The minimum atomic E-state index is -1.08. The Morgan fingerprint density at radius 1 is 1.07 bits per heavy atom. The fourth-order valence-electron chi connectivity index (χ4n) is 5.41. The summed E-state index contributed by atoms with van der Waals surface area (Å²) in [4.78, 5) is 39.1. The molecule has 2 N–H and O–H groups in total. The van der Waals surface area contributed by atoms with Crippen molar-refractivity contribution in [1.29, 1.82) is 0 Å². The number of hydrogen-bond donors (Lipinski definition) is 2. The van der Waals surface area contributed by atoms with Crippen LogP contribution in [0.1, 0.15) is 41.6 Å². The Morgan fingerprint density at radius 2 is 1.80 bits per heavy atom. The average molecular weight is 418 g/mol. The van der Waals surface area contributed by atoms with Gasteiger partial charge in [-0.25, -0.2) is 8.78 Å². The van der Waals surface area contributed by atoms with Crippen LogP contribution in [0.3, 0.4) is 0 Å². The third kappa shape index (κ3) is 3.02. The van der Waals surface area contributed by atoms with E-state index in [-0.39, 0.29) is 24.2 Å². The quantitative estimate of drug-likeness (QED) is 0.555. The van der Waals surface area contributed by atoms with Crippen molar-refractivity contribution in [3.05, 3.63) is 28.8 Å². The SMILES string of the molecule is O=CC(=O)C1CCC(N2Cc3c(N4CC5CCC4CN5)cc(F)c(F)c3C2=O)CN1. The maximum Gasteiger partial charge on any atom is 0.257 e. The van der Waals surface area contributed by atoms with Gasteiger partial charge in [0.1, 0.15) is 0 Å². The van der Waals surface area contributed by atoms with Crippen LogP contribution in [0.15, 0.2) is 6.07 Å². The Morgan fingerprint density at radius 3 is 2.40 bits per heavy atom. The lowest BCUT2D eigenvalue weighted by atomic mass is 9.91. The number of nitrogens with one attached hydrogen (secondary N) is 2. The molecular formula is C21H24F2N4O3. The first-order valence-electron chi connectivity index (χ1n) is 10.5. The van der Waals surface area contributed by atoms with Gasteiger partial charge in [-0.1, -0.05) is 0 Å². The van der Waals surface area contributed by atoms with Crippen molar-refractivity contribution < 1.29 is 23.2 Å². The number of benzene rings is 1. The maximum atomic E-state index is 14.7. The molecule has 0 saturated carbocycles. The molecule has 6 rings (SSSR count). The molecule has 1 amide bonds. The van der Waals surface area contributed by atoms with Gasteiger partial charge in [0.25, 0.3) is 5.91 Å². The summed E-state index contributed by atoms with van der Waals surface area (Å²) in [5, 5.41) is 6.46. The molecule has 4 unspecified atom stereocenters. The zero-order valence-corrected chi connectivity index (χ0v) is 16.5. The fraction of sp³-hybridized carbons (Fsp3) is 0.571. The van der Waals surface area contributed by atoms with Crippen molar-refractivity contribution in [2.75, 3.05) is 24.5 Å². The largest absolute Gasteiger partial charge is 0.365 e. The summed E-state index contributed by atoms with van der Waals surface area (Å²) in [6.07, 6.45) is 3.30. The summed E-state index contributed by atoms with van der Waals surface area (Å²) in [6.45, 7) is 2.08. The normalized spacial score (nSPS) is 30.5. The molecule has 160 valence electrons. The third-order valence-electron chi connectivity index (χ3n) is 7.05. The zero-order valence-electron chi connectivity index (χ0n) is 16.5. The standard InChI is InChI=1S/C21H24F2N4O3/c22-15-5-17(26-8-11-1-2-12(26)6-24-11)14-9-27(21(30)19(14)20(15)23)13-3-4-16(25-7-13)18(29)10-28/h5,10-13,16,24-25H,1-4,6-9H2. The van der Waals surface area contributed by atoms with Gasteiger partial charge < -0.3 is 20.4 Å². The van der Waals surface area contributed by atoms with Gasteiger partial charge >= 0.3 is 0 Å². The van der Waals surface area contributed by atoms with Crippen molar-refractivity contribution in [1.82, 2.24) is 15.5 Å². The summed E-state index contributed by atoms with van der Waals surface area (Å²) in [7, 11) is 0. The minimum Gasteiger partial charge on any atom is -0.365 e. The van der Waals surface area contributed by atoms with Crippen molar-refractivity contribution in [2.45, 2.75) is 56.4 Å². The van der Waals surface area contributed by atoms with Crippen LogP contribution in [0.25, 0.3) is 0 Å². The number of rotatable bonds is 4. The number of halogens is 2. The molecule has 7 nitrogen and oxygen atoms in total. The monoisotopic (exact) mass is 418 g/mol. The summed E-state index contributed by atoms with van der Waals surface area (Å²) in [6, 6.07) is 0.987. The summed E-state index contributed by atoms with van der Waals surface area (Å²) < 4.78 is 29.2. The summed E-state index contributed by atoms with van der Waals surface area (Å²) >= 11 is 0. The second kappa shape index (κ2) is 7.39. The number of amides is 1. The van der Waals surface area contributed by atoms with Crippen LogP contribution in [-0.4, -0.2) is 66.7 Å². The molecule has 5 aliphatic rings. The van der Waals surface area contributed by atoms with Crippen LogP contribution >= 0.6 is 0 Å². The van der Waals surface area contributed by atoms with Gasteiger partial charge in [0.05, 0.1) is 11.6 Å². The van der Waals surface area contributed by atoms with E-state index in [1.54, 1.807) is 4.90 Å². The van der Waals surface area contributed by atoms with Crippen molar-refractivity contribution >= 4 is 23.7 Å². The number of piperazine rings is 1. The van der Waals surface area contributed by atoms with E-state index in [2.05, 4.69) is 15.5 Å². The van der Waals surface area contributed by atoms with Gasteiger partial charge in [-0.3, -0.25) is 14.4 Å². The van der Waals surface area contributed by atoms with E-state index in [9.17, 15) is 23.2 Å². The van der Waals surface area contributed by atoms with Gasteiger partial charge in [0.15, 0.2) is 17.9 Å². The van der Waals surface area contributed by atoms with E-state index >= 15 is 0 Å². The molecule has 0 radical (unpaired) electrons. The Labute approximate surface area is 172 Å². The van der Waals surface area contributed by atoms with Crippen LogP contribution in [0.4, 0.5) is 14.5 Å². The molecule has 4 fully saturated rings. The molecule has 0 aliphatic carbocycles.